The number of piperidine rings is 1. The molecule has 1 saturated heterocycles. The van der Waals surface area contributed by atoms with E-state index in [0.717, 1.165) is 24.2 Å². The topological polar surface area (TPSA) is 59.0 Å². The van der Waals surface area contributed by atoms with Crippen molar-refractivity contribution in [1.82, 2.24) is 4.90 Å². The molecule has 1 aliphatic heterocycles. The van der Waals surface area contributed by atoms with Gasteiger partial charge in [-0.25, -0.2) is 0 Å². The van der Waals surface area contributed by atoms with Crippen molar-refractivity contribution in [1.29, 1.82) is 0 Å². The van der Waals surface area contributed by atoms with Crippen LogP contribution in [-0.4, -0.2) is 42.2 Å². The van der Waals surface area contributed by atoms with E-state index >= 15 is 0 Å². The van der Waals surface area contributed by atoms with E-state index in [1.54, 1.807) is 26.2 Å². The Morgan fingerprint density at radius 3 is 2.22 bits per heavy atom. The van der Waals surface area contributed by atoms with Crippen LogP contribution in [0.5, 0.6) is 11.5 Å². The van der Waals surface area contributed by atoms with Crippen LogP contribution >= 0.6 is 0 Å². The summed E-state index contributed by atoms with van der Waals surface area (Å²) in [5, 5.41) is 10.6. The Bertz CT molecular complexity index is 724. The van der Waals surface area contributed by atoms with Gasteiger partial charge in [-0.3, -0.25) is 4.79 Å². The maximum absolute atomic E-state index is 12.7. The van der Waals surface area contributed by atoms with E-state index < -0.39 is 12.2 Å². The lowest BCUT2D eigenvalue weighted by Gasteiger charge is -2.35. The number of methoxy groups -OCH3 is 1. The fourth-order valence-corrected chi connectivity index (χ4v) is 3.52. The highest BCUT2D eigenvalue weighted by molar-refractivity contribution is 5.81. The first-order chi connectivity index (χ1) is 13.1. The number of hydrogen-bond acceptors (Lipinski definition) is 4. The van der Waals surface area contributed by atoms with E-state index in [9.17, 15) is 9.90 Å². The molecule has 5 nitrogen and oxygen atoms in total. The number of carbonyl (C=O) groups is 1. The van der Waals surface area contributed by atoms with Crippen LogP contribution in [-0.2, 0) is 4.79 Å². The minimum atomic E-state index is -0.547. The van der Waals surface area contributed by atoms with Crippen LogP contribution < -0.4 is 9.47 Å². The first-order valence-electron chi connectivity index (χ1n) is 9.41. The molecule has 1 fully saturated rings. The lowest BCUT2D eigenvalue weighted by atomic mass is 9.87. The normalized spacial score (nSPS) is 17.2. The number of benzene rings is 2. The molecule has 0 bridgehead atoms. The second kappa shape index (κ2) is 8.91. The molecule has 1 aliphatic rings. The molecule has 1 heterocycles. The highest BCUT2D eigenvalue weighted by Gasteiger charge is 2.30. The second-order valence-corrected chi connectivity index (χ2v) is 6.95. The van der Waals surface area contributed by atoms with Crippen LogP contribution in [0.25, 0.3) is 0 Å². The Kier molecular flexibility index (Phi) is 6.35. The molecule has 2 aromatic rings. The van der Waals surface area contributed by atoms with E-state index in [2.05, 4.69) is 0 Å². The van der Waals surface area contributed by atoms with Crippen LogP contribution in [0.4, 0.5) is 0 Å². The van der Waals surface area contributed by atoms with Gasteiger partial charge in [-0.15, -0.1) is 0 Å². The standard InChI is InChI=1S/C22H27NO4/c1-16(27-20-10-8-19(26-2)9-11-20)22(25)23-14-12-18(13-15-23)21(24)17-6-4-3-5-7-17/h3-11,16,18,21,24H,12-15H2,1-2H3. The van der Waals surface area contributed by atoms with Crippen LogP contribution in [0.3, 0.4) is 0 Å². The third-order valence-corrected chi connectivity index (χ3v) is 5.16. The molecule has 1 N–H and O–H groups in total. The maximum atomic E-state index is 12.7. The molecule has 0 saturated carbocycles. The summed E-state index contributed by atoms with van der Waals surface area (Å²) < 4.78 is 10.9. The first kappa shape index (κ1) is 19.2. The van der Waals surface area contributed by atoms with Crippen molar-refractivity contribution in [2.45, 2.75) is 32.0 Å². The second-order valence-electron chi connectivity index (χ2n) is 6.95. The average Bonchev–Trinajstić information content (AvgIpc) is 2.74. The number of nitrogens with zero attached hydrogens (tertiary/aromatic N) is 1. The predicted octanol–water partition coefficient (Wildman–Crippen LogP) is 3.43. The van der Waals surface area contributed by atoms with E-state index in [4.69, 9.17) is 9.47 Å². The molecule has 0 aromatic heterocycles. The lowest BCUT2D eigenvalue weighted by Crippen LogP contribution is -2.45. The monoisotopic (exact) mass is 369 g/mol. The molecule has 5 heteroatoms. The summed E-state index contributed by atoms with van der Waals surface area (Å²) in [6, 6.07) is 16.9. The van der Waals surface area contributed by atoms with Crippen molar-refractivity contribution in [3.63, 3.8) is 0 Å². The molecule has 2 aromatic carbocycles. The van der Waals surface area contributed by atoms with Gasteiger partial charge in [0.15, 0.2) is 6.10 Å². The van der Waals surface area contributed by atoms with Gasteiger partial charge >= 0.3 is 0 Å². The summed E-state index contributed by atoms with van der Waals surface area (Å²) >= 11 is 0. The number of aliphatic hydroxyl groups is 1. The zero-order chi connectivity index (χ0) is 19.2. The van der Waals surface area contributed by atoms with Crippen molar-refractivity contribution in [2.75, 3.05) is 20.2 Å². The molecule has 27 heavy (non-hydrogen) atoms. The van der Waals surface area contributed by atoms with Crippen LogP contribution in [0, 0.1) is 5.92 Å². The number of aliphatic hydroxyl groups excluding tert-OH is 1. The highest BCUT2D eigenvalue weighted by atomic mass is 16.5. The van der Waals surface area contributed by atoms with Gasteiger partial charge < -0.3 is 19.5 Å². The van der Waals surface area contributed by atoms with E-state index in [-0.39, 0.29) is 11.8 Å². The molecule has 0 spiro atoms. The van der Waals surface area contributed by atoms with Gasteiger partial charge in [0.25, 0.3) is 5.91 Å². The predicted molar refractivity (Wildman–Crippen MR) is 104 cm³/mol. The van der Waals surface area contributed by atoms with Gasteiger partial charge in [0.2, 0.25) is 0 Å². The Morgan fingerprint density at radius 1 is 1.04 bits per heavy atom. The minimum absolute atomic E-state index is 0.0153. The molecular weight excluding hydrogens is 342 g/mol. The maximum Gasteiger partial charge on any atom is 0.263 e. The zero-order valence-electron chi connectivity index (χ0n) is 15.9. The number of hydrogen-bond donors (Lipinski definition) is 1. The molecule has 2 atom stereocenters. The summed E-state index contributed by atoms with van der Waals surface area (Å²) in [6.07, 6.45) is 0.555. The summed E-state index contributed by atoms with van der Waals surface area (Å²) in [6.45, 7) is 3.06. The van der Waals surface area contributed by atoms with Crippen molar-refractivity contribution in [3.8, 4) is 11.5 Å². The van der Waals surface area contributed by atoms with E-state index in [0.29, 0.717) is 18.8 Å². The third-order valence-electron chi connectivity index (χ3n) is 5.16. The van der Waals surface area contributed by atoms with E-state index in [1.807, 2.05) is 47.4 Å². The van der Waals surface area contributed by atoms with Crippen molar-refractivity contribution in [2.24, 2.45) is 5.92 Å². The van der Waals surface area contributed by atoms with Crippen LogP contribution in [0.1, 0.15) is 31.4 Å². The smallest absolute Gasteiger partial charge is 0.263 e. The molecule has 0 aliphatic carbocycles. The summed E-state index contributed by atoms with van der Waals surface area (Å²) in [4.78, 5) is 14.5. The summed E-state index contributed by atoms with van der Waals surface area (Å²) in [5.74, 6) is 1.55. The first-order valence-corrected chi connectivity index (χ1v) is 9.41. The average molecular weight is 369 g/mol. The molecule has 0 radical (unpaired) electrons. The number of ether oxygens (including phenoxy) is 2. The summed E-state index contributed by atoms with van der Waals surface area (Å²) in [7, 11) is 1.61. The van der Waals surface area contributed by atoms with E-state index in [1.165, 1.54) is 0 Å². The van der Waals surface area contributed by atoms with Gasteiger partial charge in [-0.05, 0) is 55.5 Å². The SMILES string of the molecule is COc1ccc(OC(C)C(=O)N2CCC(C(O)c3ccccc3)CC2)cc1. The van der Waals surface area contributed by atoms with Crippen molar-refractivity contribution in [3.05, 3.63) is 60.2 Å². The van der Waals surface area contributed by atoms with Gasteiger partial charge in [0.1, 0.15) is 11.5 Å². The molecule has 3 rings (SSSR count). The molecule has 2 unspecified atom stereocenters. The third kappa shape index (κ3) is 4.80. The van der Waals surface area contributed by atoms with Gasteiger partial charge in [0.05, 0.1) is 13.2 Å². The number of rotatable bonds is 6. The highest BCUT2D eigenvalue weighted by Crippen LogP contribution is 2.31. The Morgan fingerprint density at radius 2 is 1.63 bits per heavy atom. The zero-order valence-corrected chi connectivity index (χ0v) is 15.9. The quantitative estimate of drug-likeness (QED) is 0.847. The number of likely N-dealkylation sites (tertiary alicyclic amines) is 1. The molecule has 1 amide bonds. The molecular formula is C22H27NO4. The van der Waals surface area contributed by atoms with Crippen LogP contribution in [0.2, 0.25) is 0 Å². The van der Waals surface area contributed by atoms with Gasteiger partial charge in [-0.2, -0.15) is 0 Å². The van der Waals surface area contributed by atoms with Gasteiger partial charge in [-0.1, -0.05) is 30.3 Å². The Balaban J connectivity index is 1.51. The van der Waals surface area contributed by atoms with Crippen molar-refractivity contribution >= 4 is 5.91 Å². The molecule has 144 valence electrons. The lowest BCUT2D eigenvalue weighted by molar-refractivity contribution is -0.140. The number of carbonyl (C=O) groups excluding carboxylic acids is 1. The number of amides is 1. The fourth-order valence-electron chi connectivity index (χ4n) is 3.52. The van der Waals surface area contributed by atoms with Gasteiger partial charge in [0, 0.05) is 13.1 Å². The largest absolute Gasteiger partial charge is 0.497 e. The summed E-state index contributed by atoms with van der Waals surface area (Å²) in [5.41, 5.74) is 0.943. The Labute approximate surface area is 160 Å². The minimum Gasteiger partial charge on any atom is -0.497 e. The Hall–Kier alpha value is -2.53. The van der Waals surface area contributed by atoms with Crippen LogP contribution in [0.15, 0.2) is 54.6 Å². The van der Waals surface area contributed by atoms with Crippen molar-refractivity contribution < 1.29 is 19.4 Å². The fraction of sp³-hybridized carbons (Fsp3) is 0.409.